The Bertz CT molecular complexity index is 10100. The van der Waals surface area contributed by atoms with Crippen molar-refractivity contribution in [1.82, 2.24) is 0 Å². The van der Waals surface area contributed by atoms with E-state index in [1.165, 1.54) is 0 Å². The molecule has 0 atom stereocenters. The normalized spacial score (nSPS) is 5.19. The molecule has 2 aromatic carbocycles. The Labute approximate surface area is 820 Å². The van der Waals surface area contributed by atoms with Crippen LogP contribution < -0.4 is 0 Å². The van der Waals surface area contributed by atoms with Crippen molar-refractivity contribution in [2.24, 2.45) is 0 Å². The molecule has 1 aliphatic rings. The summed E-state index contributed by atoms with van der Waals surface area (Å²) >= 11 is 0. The fraction of sp³-hybridized carbons (Fsp3) is 0.0360. The maximum atomic E-state index is 5.33. The monoisotopic (exact) mass is 1690 g/mol. The molecule has 0 spiro atoms. The smallest absolute Gasteiger partial charge is 0.0588 e. The van der Waals surface area contributed by atoms with Gasteiger partial charge in [0.1, 0.15) is 0 Å². The standard InChI is InChI=1S/C121H18.C18H2/c1-9-17-25-33-41-49-55-59-61-64-69-74-82-90-98-106-115-111(102-94-86-79-72-68-63-60-56-50-42-34-26-18-10-2)113(104-96-88-81-73-67-62-57-51-43-35-27-19-11-3)117(108-100-92-84-76-66-58-52-44-36-28-20-12-4)121-119(115)109-118-114(105-97-89-77-48-40-32-24-16-8)110(101-93-85-78-70-47-39-31-23-15-7)112(103-95-87-80-71-54-46-38-30-22-14-6)116(120(118)121)107-99-91-83-75-65-53-45-37-29-21-13-5;1-3-5-7-9-11-13-15-17-18-16-14-12-10-8-6-4-2/h2,4,6,8H,109H2,1,3,5,7H3;1-2H. The van der Waals surface area contributed by atoms with Gasteiger partial charge in [-0.3, -0.25) is 0 Å². The first-order valence-corrected chi connectivity index (χ1v) is 36.4. The third-order valence-electron chi connectivity index (χ3n) is 11.8. The van der Waals surface area contributed by atoms with Crippen LogP contribution in [0.2, 0.25) is 0 Å². The molecule has 576 valence electrons. The topological polar surface area (TPSA) is 0 Å². The first-order valence-electron chi connectivity index (χ1n) is 36.4. The molecule has 1 aliphatic carbocycles. The van der Waals surface area contributed by atoms with Crippen LogP contribution in [0.3, 0.4) is 0 Å². The predicted octanol–water partition coefficient (Wildman–Crippen LogP) is 5.09. The zero-order chi connectivity index (χ0) is 99.7. The molecule has 0 nitrogen and oxygen atoms in total. The fourth-order valence-electron chi connectivity index (χ4n) is 7.43. The van der Waals surface area contributed by atoms with Crippen molar-refractivity contribution in [2.75, 3.05) is 0 Å². The molecule has 0 bridgehead atoms. The van der Waals surface area contributed by atoms with Gasteiger partial charge >= 0.3 is 0 Å². The maximum absolute atomic E-state index is 5.33. The molecule has 2 aromatic rings. The summed E-state index contributed by atoms with van der Waals surface area (Å²) in [7, 11) is 0. The molecule has 0 N–H and O–H groups in total. The summed E-state index contributed by atoms with van der Waals surface area (Å²) < 4.78 is 0. The van der Waals surface area contributed by atoms with E-state index in [0.717, 1.165) is 0 Å². The number of fused-ring (bicyclic) bond motifs is 3. The molecule has 0 radical (unpaired) electrons. The van der Waals surface area contributed by atoms with Gasteiger partial charge in [-0.2, -0.15) is 0 Å². The third kappa shape index (κ3) is 55.9. The highest BCUT2D eigenvalue weighted by Gasteiger charge is 2.35. The lowest BCUT2D eigenvalue weighted by atomic mass is 9.83. The summed E-state index contributed by atoms with van der Waals surface area (Å²) in [5.74, 6) is 304. The fourth-order valence-corrected chi connectivity index (χ4v) is 7.43. The summed E-state index contributed by atoms with van der Waals surface area (Å²) in [5, 5.41) is 0. The van der Waals surface area contributed by atoms with Crippen molar-refractivity contribution in [3.8, 4) is 736 Å². The number of benzene rings is 2. The van der Waals surface area contributed by atoms with Crippen LogP contribution in [0.15, 0.2) is 0 Å². The summed E-state index contributed by atoms with van der Waals surface area (Å²) in [5.41, 5.74) is 2.59. The summed E-state index contributed by atoms with van der Waals surface area (Å²) in [4.78, 5) is 0. The van der Waals surface area contributed by atoms with Crippen molar-refractivity contribution in [2.45, 2.75) is 34.1 Å². The van der Waals surface area contributed by atoms with Crippen LogP contribution in [0.1, 0.15) is 83.3 Å². The highest BCUT2D eigenvalue weighted by molar-refractivity contribution is 5.96. The van der Waals surface area contributed by atoms with Crippen LogP contribution in [0.25, 0.3) is 11.1 Å². The third-order valence-corrected chi connectivity index (χ3v) is 11.8. The van der Waals surface area contributed by atoms with Gasteiger partial charge in [-0.1, -0.05) is 71.0 Å². The van der Waals surface area contributed by atoms with Gasteiger partial charge in [0.15, 0.2) is 0 Å². The van der Waals surface area contributed by atoms with Gasteiger partial charge in [0.25, 0.3) is 0 Å². The lowest BCUT2D eigenvalue weighted by Crippen LogP contribution is -2.04. The van der Waals surface area contributed by atoms with Crippen LogP contribution in [-0.2, 0) is 6.42 Å². The Morgan fingerprint density at radius 3 is 0.324 bits per heavy atom. The van der Waals surface area contributed by atoms with E-state index in [-0.39, 0.29) is 50.9 Å². The molecule has 0 heterocycles. The van der Waals surface area contributed by atoms with Gasteiger partial charge in [0, 0.05) is 28.7 Å². The summed E-state index contributed by atoms with van der Waals surface area (Å²) in [6.45, 7) is 6.57. The first kappa shape index (κ1) is 107. The molecule has 0 aromatic heterocycles. The number of terminal acetylenes is 6. The Kier molecular flexibility index (Phi) is 63.9. The molecule has 0 fully saturated rings. The minimum atomic E-state index is -0.0908. The lowest BCUT2D eigenvalue weighted by molar-refractivity contribution is 1.22. The Morgan fingerprint density at radius 1 is 0.108 bits per heavy atom. The molecule has 0 unspecified atom stereocenters. The number of hydrogen-bond acceptors (Lipinski definition) is 0. The molecule has 0 saturated carbocycles. The van der Waals surface area contributed by atoms with Gasteiger partial charge in [-0.15, -0.1) is 38.5 Å². The van der Waals surface area contributed by atoms with Crippen LogP contribution >= 0.6 is 0 Å². The van der Waals surface area contributed by atoms with E-state index in [2.05, 4.69) is 687 Å². The van der Waals surface area contributed by atoms with Gasteiger partial charge < -0.3 is 0 Å². The van der Waals surface area contributed by atoms with Crippen molar-refractivity contribution < 1.29 is 0 Å². The number of rotatable bonds is 0. The average Bonchev–Trinajstić information content (AvgIpc) is 1.56. The molecule has 139 heavy (non-hydrogen) atoms. The van der Waals surface area contributed by atoms with Gasteiger partial charge in [0.2, 0.25) is 0 Å². The van der Waals surface area contributed by atoms with Crippen LogP contribution in [0, 0.1) is 725 Å². The highest BCUT2D eigenvalue weighted by atomic mass is 14.3. The quantitative estimate of drug-likeness (QED) is 0.276. The average molecular weight is 1690 g/mol. The Balaban J connectivity index is 0.00000325. The zero-order valence-corrected chi connectivity index (χ0v) is 72.2. The lowest BCUT2D eigenvalue weighted by Gasteiger charge is -2.16. The zero-order valence-electron chi connectivity index (χ0n) is 72.2. The number of hydrogen-bond donors (Lipinski definition) is 0. The second-order valence-corrected chi connectivity index (χ2v) is 20.0. The molecule has 0 heteroatoms. The minimum absolute atomic E-state index is 0.0807. The van der Waals surface area contributed by atoms with E-state index < -0.39 is 0 Å². The van der Waals surface area contributed by atoms with Crippen molar-refractivity contribution in [1.29, 1.82) is 0 Å². The van der Waals surface area contributed by atoms with E-state index in [9.17, 15) is 0 Å². The van der Waals surface area contributed by atoms with E-state index >= 15 is 0 Å². The molecule has 0 aliphatic heterocycles. The summed E-state index contributed by atoms with van der Waals surface area (Å²) in [6.07, 6.45) is 30.6. The molecular formula is C139H20. The minimum Gasteiger partial charge on any atom is -0.106 e. The van der Waals surface area contributed by atoms with Crippen molar-refractivity contribution in [3.63, 3.8) is 0 Å². The first-order chi connectivity index (χ1) is 69.0. The Morgan fingerprint density at radius 2 is 0.201 bits per heavy atom. The predicted molar refractivity (Wildman–Crippen MR) is 551 cm³/mol. The molecule has 0 saturated heterocycles. The van der Waals surface area contributed by atoms with Gasteiger partial charge in [-0.25, -0.2) is 0 Å². The van der Waals surface area contributed by atoms with E-state index in [0.29, 0.717) is 22.3 Å². The van der Waals surface area contributed by atoms with Gasteiger partial charge in [0.05, 0.1) is 33.4 Å². The summed E-state index contributed by atoms with van der Waals surface area (Å²) in [6, 6.07) is 0. The van der Waals surface area contributed by atoms with Crippen molar-refractivity contribution in [3.05, 3.63) is 55.6 Å². The highest BCUT2D eigenvalue weighted by Crippen LogP contribution is 2.48. The molecular weight excluding hydrogens is 1670 g/mol. The van der Waals surface area contributed by atoms with Crippen LogP contribution in [-0.4, -0.2) is 0 Å². The van der Waals surface area contributed by atoms with Gasteiger partial charge in [-0.05, 0) is 655 Å². The molecule has 3 rings (SSSR count). The van der Waals surface area contributed by atoms with Crippen LogP contribution in [0.4, 0.5) is 0 Å². The Hall–Kier alpha value is -28.4. The van der Waals surface area contributed by atoms with Crippen molar-refractivity contribution >= 4 is 0 Å². The maximum Gasteiger partial charge on any atom is 0.0588 e. The second-order valence-electron chi connectivity index (χ2n) is 20.0. The van der Waals surface area contributed by atoms with E-state index in [4.69, 9.17) is 38.5 Å². The van der Waals surface area contributed by atoms with E-state index in [1.807, 2.05) is 0 Å². The van der Waals surface area contributed by atoms with E-state index in [1.54, 1.807) is 27.7 Å². The molecule has 0 amide bonds. The second kappa shape index (κ2) is 83.3. The van der Waals surface area contributed by atoms with Crippen LogP contribution in [0.5, 0.6) is 0 Å². The SMILES string of the molecule is C#CC#CC#CC#CC#CC#CC#CC#CC#C.C#CC#CC#CC#CC#CC#CC#CC#Cc1c(C#CC#CC#CC#CC#CC#CC#CC)c(C#CC#CC#CC#CC#CC#CC#C)c2c(c1C#CC#CC#CC#CC#CC#CC#CC#CC)Cc1c(C#CC#CC#CC#CC#C)c(C#CC#CC#CC#CC#CC)c(C#CC#CC#CC#CC#CC#C)c(C#CC#CC#CC#CC#CC#CC)c1-2. The largest absolute Gasteiger partial charge is 0.106 e.